The van der Waals surface area contributed by atoms with Gasteiger partial charge >= 0.3 is 0 Å². The molecule has 1 aromatic carbocycles. The topological polar surface area (TPSA) is 127 Å². The summed E-state index contributed by atoms with van der Waals surface area (Å²) in [6.07, 6.45) is 7.64. The predicted molar refractivity (Wildman–Crippen MR) is 130 cm³/mol. The smallest absolute Gasteiger partial charge is 0.125 e. The molecule has 1 aromatic rings. The van der Waals surface area contributed by atoms with Crippen LogP contribution in [0.3, 0.4) is 0 Å². The Bertz CT molecular complexity index is 691. The van der Waals surface area contributed by atoms with Crippen LogP contribution in [0, 0.1) is 17.8 Å². The van der Waals surface area contributed by atoms with Crippen molar-refractivity contribution in [2.24, 2.45) is 17.8 Å². The maximum atomic E-state index is 11.2. The molecular weight excluding hydrogens is 436 g/mol. The number of aliphatic hydroxyl groups is 5. The molecule has 6 unspecified atom stereocenters. The monoisotopic (exact) mass is 478 g/mol. The Morgan fingerprint density at radius 3 is 2.35 bits per heavy atom. The Morgan fingerprint density at radius 1 is 0.971 bits per heavy atom. The molecular formula is C27H42O7. The highest BCUT2D eigenvalue weighted by atomic mass is 16.5. The van der Waals surface area contributed by atoms with Gasteiger partial charge in [-0.2, -0.15) is 0 Å². The average molecular weight is 479 g/mol. The zero-order chi connectivity index (χ0) is 24.8. The van der Waals surface area contributed by atoms with Gasteiger partial charge in [0.2, 0.25) is 0 Å². The van der Waals surface area contributed by atoms with Crippen LogP contribution in [0.25, 0.3) is 0 Å². The van der Waals surface area contributed by atoms with Crippen molar-refractivity contribution in [3.8, 4) is 0 Å². The maximum absolute atomic E-state index is 11.2. The molecule has 1 saturated carbocycles. The minimum absolute atomic E-state index is 0.0453. The van der Waals surface area contributed by atoms with Crippen molar-refractivity contribution in [2.75, 3.05) is 19.8 Å². The minimum Gasteiger partial charge on any atom is -0.394 e. The summed E-state index contributed by atoms with van der Waals surface area (Å²) in [7, 11) is 0. The fourth-order valence-corrected chi connectivity index (χ4v) is 4.71. The highest BCUT2D eigenvalue weighted by molar-refractivity contribution is 5.53. The highest BCUT2D eigenvalue weighted by Gasteiger charge is 2.40. The van der Waals surface area contributed by atoms with E-state index in [1.54, 1.807) is 0 Å². The highest BCUT2D eigenvalue weighted by Crippen LogP contribution is 2.38. The predicted octanol–water partition coefficient (Wildman–Crippen LogP) is 2.03. The summed E-state index contributed by atoms with van der Waals surface area (Å²) in [5.74, 6) is -0.405. The van der Waals surface area contributed by atoms with Crippen LogP contribution in [-0.2, 0) is 16.0 Å². The van der Waals surface area contributed by atoms with Gasteiger partial charge in [-0.1, -0.05) is 42.5 Å². The third kappa shape index (κ3) is 9.94. The first-order valence-corrected chi connectivity index (χ1v) is 12.5. The van der Waals surface area contributed by atoms with Crippen LogP contribution >= 0.6 is 0 Å². The number of aldehydes is 1. The van der Waals surface area contributed by atoms with E-state index in [1.165, 1.54) is 5.56 Å². The van der Waals surface area contributed by atoms with E-state index >= 15 is 0 Å². The molecule has 0 saturated heterocycles. The first-order valence-electron chi connectivity index (χ1n) is 12.5. The van der Waals surface area contributed by atoms with E-state index in [0.29, 0.717) is 44.9 Å². The molecule has 6 atom stereocenters. The van der Waals surface area contributed by atoms with Crippen molar-refractivity contribution in [3.05, 3.63) is 48.0 Å². The van der Waals surface area contributed by atoms with Gasteiger partial charge < -0.3 is 35.1 Å². The summed E-state index contributed by atoms with van der Waals surface area (Å²) in [6, 6.07) is 10.1. The number of rotatable bonds is 17. The standard InChI is InChI=1S/C27H42O7/c28-16-21(19-34-23(17-29)18-30)9-5-2-6-10-24-25(27(33)15-26(24)32)14-13-22(31)12-11-20-7-3-1-4-8-20/h1-4,6-8,16,21-27,29-33H,5,9-15,17-19H2. The molecule has 192 valence electrons. The second-order valence-electron chi connectivity index (χ2n) is 9.45. The Balaban J connectivity index is 1.73. The van der Waals surface area contributed by atoms with Crippen LogP contribution in [0.1, 0.15) is 50.5 Å². The molecule has 0 heterocycles. The van der Waals surface area contributed by atoms with Gasteiger partial charge in [0.25, 0.3) is 0 Å². The lowest BCUT2D eigenvalue weighted by atomic mass is 9.85. The normalized spacial score (nSPS) is 24.6. The van der Waals surface area contributed by atoms with Crippen LogP contribution in [-0.4, -0.2) is 76.1 Å². The van der Waals surface area contributed by atoms with E-state index in [2.05, 4.69) is 12.1 Å². The van der Waals surface area contributed by atoms with Gasteiger partial charge in [0.15, 0.2) is 0 Å². The summed E-state index contributed by atoms with van der Waals surface area (Å²) in [5.41, 5.74) is 1.20. The quantitative estimate of drug-likeness (QED) is 0.171. The number of aryl methyl sites for hydroxylation is 1. The molecule has 1 aliphatic rings. The molecule has 1 fully saturated rings. The van der Waals surface area contributed by atoms with Gasteiger partial charge in [0, 0.05) is 5.92 Å². The SMILES string of the molecule is O=CC(CCC=CCC1C(O)CC(O)C1CCC(O)CCc1ccccc1)COC(CO)CO. The van der Waals surface area contributed by atoms with E-state index in [9.17, 15) is 20.1 Å². The zero-order valence-corrected chi connectivity index (χ0v) is 20.0. The second-order valence-corrected chi connectivity index (χ2v) is 9.45. The van der Waals surface area contributed by atoms with Crippen molar-refractivity contribution in [1.82, 2.24) is 0 Å². The third-order valence-electron chi connectivity index (χ3n) is 6.89. The number of hydrogen-bond acceptors (Lipinski definition) is 7. The van der Waals surface area contributed by atoms with Crippen molar-refractivity contribution >= 4 is 6.29 Å². The fourth-order valence-electron chi connectivity index (χ4n) is 4.71. The summed E-state index contributed by atoms with van der Waals surface area (Å²) in [6.45, 7) is -0.420. The fraction of sp³-hybridized carbons (Fsp3) is 0.667. The van der Waals surface area contributed by atoms with Crippen LogP contribution in [0.4, 0.5) is 0 Å². The van der Waals surface area contributed by atoms with Crippen molar-refractivity contribution < 1.29 is 35.1 Å². The number of hydrogen-bond donors (Lipinski definition) is 5. The van der Waals surface area contributed by atoms with Crippen molar-refractivity contribution in [2.45, 2.75) is 75.8 Å². The van der Waals surface area contributed by atoms with E-state index in [4.69, 9.17) is 14.9 Å². The molecule has 0 amide bonds. The molecule has 7 heteroatoms. The van der Waals surface area contributed by atoms with Gasteiger partial charge in [-0.15, -0.1) is 0 Å². The molecule has 0 spiro atoms. The molecule has 5 N–H and O–H groups in total. The van der Waals surface area contributed by atoms with E-state index in [-0.39, 0.29) is 37.6 Å². The van der Waals surface area contributed by atoms with Gasteiger partial charge in [-0.25, -0.2) is 0 Å². The van der Waals surface area contributed by atoms with Crippen LogP contribution in [0.2, 0.25) is 0 Å². The molecule has 0 aliphatic heterocycles. The molecule has 7 nitrogen and oxygen atoms in total. The number of aliphatic hydroxyl groups excluding tert-OH is 5. The summed E-state index contributed by atoms with van der Waals surface area (Å²) >= 11 is 0. The summed E-state index contributed by atoms with van der Waals surface area (Å²) < 4.78 is 5.32. The summed E-state index contributed by atoms with van der Waals surface area (Å²) in [5, 5.41) is 49.4. The number of benzene rings is 1. The Labute approximate surface area is 203 Å². The number of carbonyl (C=O) groups excluding carboxylic acids is 1. The van der Waals surface area contributed by atoms with E-state index < -0.39 is 24.4 Å². The van der Waals surface area contributed by atoms with Gasteiger partial charge in [-0.05, 0) is 68.8 Å². The molecule has 0 bridgehead atoms. The number of allylic oxidation sites excluding steroid dienone is 2. The number of ether oxygens (including phenoxy) is 1. The van der Waals surface area contributed by atoms with Gasteiger partial charge in [-0.3, -0.25) is 0 Å². The maximum Gasteiger partial charge on any atom is 0.125 e. The lowest BCUT2D eigenvalue weighted by Gasteiger charge is -2.23. The first kappa shape index (κ1) is 28.6. The van der Waals surface area contributed by atoms with E-state index in [1.807, 2.05) is 30.4 Å². The average Bonchev–Trinajstić information content (AvgIpc) is 3.12. The Kier molecular flexibility index (Phi) is 13.6. The van der Waals surface area contributed by atoms with Crippen molar-refractivity contribution in [3.63, 3.8) is 0 Å². The zero-order valence-electron chi connectivity index (χ0n) is 20.0. The van der Waals surface area contributed by atoms with Crippen LogP contribution in [0.5, 0.6) is 0 Å². The minimum atomic E-state index is -0.665. The molecule has 0 aromatic heterocycles. The van der Waals surface area contributed by atoms with Crippen LogP contribution in [0.15, 0.2) is 42.5 Å². The lowest BCUT2D eigenvalue weighted by Crippen LogP contribution is -2.25. The Morgan fingerprint density at radius 2 is 1.68 bits per heavy atom. The summed E-state index contributed by atoms with van der Waals surface area (Å²) in [4.78, 5) is 11.2. The Hall–Kier alpha value is -1.61. The molecule has 0 radical (unpaired) electrons. The van der Waals surface area contributed by atoms with E-state index in [0.717, 1.165) is 12.7 Å². The second kappa shape index (κ2) is 16.1. The van der Waals surface area contributed by atoms with Crippen molar-refractivity contribution in [1.29, 1.82) is 0 Å². The molecule has 1 aliphatic carbocycles. The van der Waals surface area contributed by atoms with Gasteiger partial charge in [0.05, 0.1) is 38.1 Å². The van der Waals surface area contributed by atoms with Crippen LogP contribution < -0.4 is 0 Å². The number of carbonyl (C=O) groups is 1. The first-order chi connectivity index (χ1) is 16.5. The van der Waals surface area contributed by atoms with Gasteiger partial charge in [0.1, 0.15) is 12.4 Å². The third-order valence-corrected chi connectivity index (χ3v) is 6.89. The lowest BCUT2D eigenvalue weighted by molar-refractivity contribution is -0.115. The molecule has 2 rings (SSSR count). The molecule has 34 heavy (non-hydrogen) atoms. The largest absolute Gasteiger partial charge is 0.394 e.